The van der Waals surface area contributed by atoms with Crippen LogP contribution in [0, 0.1) is 6.92 Å². The van der Waals surface area contributed by atoms with Gasteiger partial charge in [0.2, 0.25) is 0 Å². The molecule has 2 rings (SSSR count). The molecule has 2 aromatic rings. The molecule has 0 aliphatic rings. The summed E-state index contributed by atoms with van der Waals surface area (Å²) in [4.78, 5) is 0. The zero-order valence-electron chi connectivity index (χ0n) is 9.92. The molecule has 1 atom stereocenters. The number of hydrogen-bond acceptors (Lipinski definition) is 2. The van der Waals surface area contributed by atoms with Crippen molar-refractivity contribution in [3.63, 3.8) is 0 Å². The van der Waals surface area contributed by atoms with E-state index in [2.05, 4.69) is 0 Å². The molecule has 1 unspecified atom stereocenters. The number of furan rings is 1. The topological polar surface area (TPSA) is 39.2 Å². The van der Waals surface area contributed by atoms with Crippen LogP contribution in [0.3, 0.4) is 0 Å². The van der Waals surface area contributed by atoms with Gasteiger partial charge in [-0.2, -0.15) is 13.2 Å². The zero-order valence-corrected chi connectivity index (χ0v) is 9.92. The fraction of sp³-hybridized carbons (Fsp3) is 0.385. The molecule has 5 heteroatoms. The van der Waals surface area contributed by atoms with Crippen LogP contribution in [0.5, 0.6) is 0 Å². The third-order valence-corrected chi connectivity index (χ3v) is 2.86. The fourth-order valence-corrected chi connectivity index (χ4v) is 1.87. The third-order valence-electron chi connectivity index (χ3n) is 2.86. The number of fused-ring (bicyclic) bond motifs is 1. The first-order valence-electron chi connectivity index (χ1n) is 5.68. The van der Waals surface area contributed by atoms with E-state index in [0.717, 1.165) is 10.9 Å². The van der Waals surface area contributed by atoms with Gasteiger partial charge in [-0.25, -0.2) is 0 Å². The Morgan fingerprint density at radius 1 is 1.33 bits per heavy atom. The number of benzene rings is 1. The van der Waals surface area contributed by atoms with Crippen LogP contribution in [0.25, 0.3) is 11.0 Å². The van der Waals surface area contributed by atoms with Crippen molar-refractivity contribution in [2.75, 3.05) is 0 Å². The number of para-hydroxylation sites is 1. The van der Waals surface area contributed by atoms with Crippen LogP contribution in [0.1, 0.15) is 30.2 Å². The molecule has 0 radical (unpaired) electrons. The van der Waals surface area contributed by atoms with Crippen molar-refractivity contribution in [2.45, 2.75) is 32.0 Å². The van der Waals surface area contributed by atoms with Gasteiger partial charge < -0.3 is 10.2 Å². The van der Waals surface area contributed by atoms with Crippen molar-refractivity contribution in [1.82, 2.24) is 0 Å². The molecule has 0 bridgehead atoms. The molecule has 1 aromatic heterocycles. The van der Waals surface area contributed by atoms with Gasteiger partial charge in [0.25, 0.3) is 0 Å². The third kappa shape index (κ3) is 2.85. The molecular weight excluding hydrogens is 243 g/mol. The van der Waals surface area contributed by atoms with E-state index >= 15 is 0 Å². The van der Waals surface area contributed by atoms with Crippen molar-refractivity contribution in [3.05, 3.63) is 35.6 Å². The first-order valence-corrected chi connectivity index (χ1v) is 5.68. The molecular formula is C13H14F3NO. The van der Waals surface area contributed by atoms with E-state index in [1.807, 2.05) is 25.1 Å². The average molecular weight is 257 g/mol. The van der Waals surface area contributed by atoms with Crippen molar-refractivity contribution >= 4 is 11.0 Å². The van der Waals surface area contributed by atoms with Gasteiger partial charge in [0.15, 0.2) is 0 Å². The Kier molecular flexibility index (Phi) is 3.34. The number of alkyl halides is 3. The highest BCUT2D eigenvalue weighted by Crippen LogP contribution is 2.30. The van der Waals surface area contributed by atoms with E-state index in [-0.39, 0.29) is 6.42 Å². The van der Waals surface area contributed by atoms with Crippen LogP contribution < -0.4 is 5.73 Å². The molecule has 18 heavy (non-hydrogen) atoms. The first-order chi connectivity index (χ1) is 8.37. The molecule has 98 valence electrons. The minimum atomic E-state index is -4.18. The number of nitrogens with two attached hydrogens (primary N) is 1. The lowest BCUT2D eigenvalue weighted by Crippen LogP contribution is -2.15. The van der Waals surface area contributed by atoms with Gasteiger partial charge in [0.05, 0.1) is 6.04 Å². The van der Waals surface area contributed by atoms with Gasteiger partial charge in [-0.05, 0) is 25.0 Å². The Labute approximate surface area is 103 Å². The molecule has 2 nitrogen and oxygen atoms in total. The monoisotopic (exact) mass is 257 g/mol. The van der Waals surface area contributed by atoms with Gasteiger partial charge in [-0.3, -0.25) is 0 Å². The molecule has 0 spiro atoms. The summed E-state index contributed by atoms with van der Waals surface area (Å²) in [6, 6.07) is 6.60. The van der Waals surface area contributed by atoms with E-state index in [0.29, 0.717) is 11.3 Å². The lowest BCUT2D eigenvalue weighted by Gasteiger charge is -2.10. The van der Waals surface area contributed by atoms with Gasteiger partial charge >= 0.3 is 6.18 Å². The average Bonchev–Trinajstić information content (AvgIpc) is 2.70. The Bertz CT molecular complexity index is 545. The van der Waals surface area contributed by atoms with Crippen molar-refractivity contribution in [2.24, 2.45) is 5.73 Å². The van der Waals surface area contributed by atoms with E-state index in [4.69, 9.17) is 10.2 Å². The maximum atomic E-state index is 12.1. The second-order valence-electron chi connectivity index (χ2n) is 4.40. The molecule has 2 N–H and O–H groups in total. The highest BCUT2D eigenvalue weighted by Gasteiger charge is 2.28. The predicted octanol–water partition coefficient (Wildman–Crippen LogP) is 4.08. The van der Waals surface area contributed by atoms with E-state index in [9.17, 15) is 13.2 Å². The summed E-state index contributed by atoms with van der Waals surface area (Å²) in [7, 11) is 0. The molecule has 0 saturated heterocycles. The minimum absolute atomic E-state index is 0.164. The molecule has 0 fully saturated rings. The predicted molar refractivity (Wildman–Crippen MR) is 63.2 cm³/mol. The second kappa shape index (κ2) is 4.65. The number of rotatable bonds is 3. The smallest absolute Gasteiger partial charge is 0.389 e. The van der Waals surface area contributed by atoms with Gasteiger partial charge in [0, 0.05) is 11.8 Å². The maximum Gasteiger partial charge on any atom is 0.389 e. The van der Waals surface area contributed by atoms with Crippen LogP contribution in [-0.2, 0) is 0 Å². The van der Waals surface area contributed by atoms with E-state index < -0.39 is 18.6 Å². The lowest BCUT2D eigenvalue weighted by molar-refractivity contribution is -0.136. The van der Waals surface area contributed by atoms with Crippen LogP contribution in [0.2, 0.25) is 0 Å². The van der Waals surface area contributed by atoms with Crippen LogP contribution in [0.15, 0.2) is 28.7 Å². The van der Waals surface area contributed by atoms with Crippen LogP contribution in [-0.4, -0.2) is 6.18 Å². The van der Waals surface area contributed by atoms with Crippen molar-refractivity contribution in [1.29, 1.82) is 0 Å². The summed E-state index contributed by atoms with van der Waals surface area (Å²) in [5, 5.41) is 0.868. The van der Waals surface area contributed by atoms with Gasteiger partial charge in [-0.1, -0.05) is 18.2 Å². The largest absolute Gasteiger partial charge is 0.459 e. The zero-order chi connectivity index (χ0) is 13.3. The minimum Gasteiger partial charge on any atom is -0.459 e. The maximum absolute atomic E-state index is 12.1. The van der Waals surface area contributed by atoms with Crippen LogP contribution >= 0.6 is 0 Å². The Balaban J connectivity index is 2.18. The van der Waals surface area contributed by atoms with Crippen LogP contribution in [0.4, 0.5) is 13.2 Å². The molecule has 0 aliphatic carbocycles. The Hall–Kier alpha value is -1.49. The molecule has 0 aliphatic heterocycles. The summed E-state index contributed by atoms with van der Waals surface area (Å²) < 4.78 is 41.9. The summed E-state index contributed by atoms with van der Waals surface area (Å²) >= 11 is 0. The summed E-state index contributed by atoms with van der Waals surface area (Å²) in [5.41, 5.74) is 7.36. The summed E-state index contributed by atoms with van der Waals surface area (Å²) in [6.45, 7) is 1.89. The SMILES string of the molecule is Cc1cccc2cc(C(N)CCC(F)(F)F)oc12. The number of aryl methyl sites for hydroxylation is 1. The van der Waals surface area contributed by atoms with Crippen molar-refractivity contribution < 1.29 is 17.6 Å². The second-order valence-corrected chi connectivity index (χ2v) is 4.40. The highest BCUT2D eigenvalue weighted by molar-refractivity contribution is 5.80. The van der Waals surface area contributed by atoms with Gasteiger partial charge in [-0.15, -0.1) is 0 Å². The number of hydrogen-bond donors (Lipinski definition) is 1. The molecule has 0 amide bonds. The van der Waals surface area contributed by atoms with E-state index in [1.54, 1.807) is 6.07 Å². The first kappa shape index (κ1) is 13.0. The van der Waals surface area contributed by atoms with Gasteiger partial charge in [0.1, 0.15) is 11.3 Å². The molecule has 0 saturated carbocycles. The highest BCUT2D eigenvalue weighted by atomic mass is 19.4. The Morgan fingerprint density at radius 3 is 2.67 bits per heavy atom. The quantitative estimate of drug-likeness (QED) is 0.899. The Morgan fingerprint density at radius 2 is 2.06 bits per heavy atom. The fourth-order valence-electron chi connectivity index (χ4n) is 1.87. The molecule has 1 aromatic carbocycles. The molecule has 1 heterocycles. The lowest BCUT2D eigenvalue weighted by atomic mass is 10.1. The van der Waals surface area contributed by atoms with Crippen molar-refractivity contribution in [3.8, 4) is 0 Å². The summed E-state index contributed by atoms with van der Waals surface area (Å²) in [6.07, 6.45) is -5.24. The van der Waals surface area contributed by atoms with E-state index in [1.165, 1.54) is 0 Å². The summed E-state index contributed by atoms with van der Waals surface area (Å²) in [5.74, 6) is 0.406. The number of halogens is 3. The normalized spacial score (nSPS) is 14.1. The standard InChI is InChI=1S/C13H14F3NO/c1-8-3-2-4-9-7-11(18-12(8)9)10(17)5-6-13(14,15)16/h2-4,7,10H,5-6,17H2,1H3.